The van der Waals surface area contributed by atoms with Gasteiger partial charge in [0.2, 0.25) is 0 Å². The van der Waals surface area contributed by atoms with E-state index >= 15 is 0 Å². The van der Waals surface area contributed by atoms with Gasteiger partial charge in [-0.3, -0.25) is 4.90 Å². The molecule has 3 aromatic rings. The van der Waals surface area contributed by atoms with E-state index in [1.807, 2.05) is 18.2 Å². The third-order valence-electron chi connectivity index (χ3n) is 4.62. The maximum Gasteiger partial charge on any atom is 0.460 e. The normalized spacial score (nSPS) is 11.4. The number of carbonyl (C=O) groups is 1. The number of aromatic nitrogens is 3. The van der Waals surface area contributed by atoms with Gasteiger partial charge in [-0.2, -0.15) is 9.72 Å². The highest BCUT2D eigenvalue weighted by Crippen LogP contribution is 2.15. The van der Waals surface area contributed by atoms with Gasteiger partial charge in [0.1, 0.15) is 5.82 Å². The summed E-state index contributed by atoms with van der Waals surface area (Å²) in [7, 11) is 1.55. The number of pyridine rings is 1. The maximum atomic E-state index is 11.6. The van der Waals surface area contributed by atoms with Gasteiger partial charge in [-0.15, -0.1) is 0 Å². The SMILES string of the molecule is CCCCCN(C(=O)O)c1cccc(CO/N=C(/c2ccccc2)c2nc(=O)on2C)n1. The molecular formula is C22H25N5O5. The number of aryl methyl sites for hydroxylation is 1. The zero-order valence-electron chi connectivity index (χ0n) is 18.0. The summed E-state index contributed by atoms with van der Waals surface area (Å²) in [4.78, 5) is 38.2. The minimum absolute atomic E-state index is 0.00160. The number of carboxylic acid groups (broad SMARTS) is 1. The molecule has 0 aliphatic carbocycles. The zero-order valence-corrected chi connectivity index (χ0v) is 18.0. The molecule has 32 heavy (non-hydrogen) atoms. The summed E-state index contributed by atoms with van der Waals surface area (Å²) in [5, 5.41) is 13.7. The van der Waals surface area contributed by atoms with E-state index in [0.29, 0.717) is 29.3 Å². The van der Waals surface area contributed by atoms with Crippen LogP contribution in [-0.4, -0.2) is 38.2 Å². The lowest BCUT2D eigenvalue weighted by Crippen LogP contribution is -2.31. The van der Waals surface area contributed by atoms with E-state index in [1.165, 1.54) is 9.64 Å². The van der Waals surface area contributed by atoms with E-state index in [9.17, 15) is 14.7 Å². The fourth-order valence-electron chi connectivity index (χ4n) is 3.05. The highest BCUT2D eigenvalue weighted by molar-refractivity contribution is 6.10. The largest absolute Gasteiger partial charge is 0.465 e. The van der Waals surface area contributed by atoms with Gasteiger partial charge < -0.3 is 14.5 Å². The predicted octanol–water partition coefficient (Wildman–Crippen LogP) is 3.41. The minimum atomic E-state index is -1.05. The van der Waals surface area contributed by atoms with Gasteiger partial charge in [0.25, 0.3) is 0 Å². The number of nitrogens with zero attached hydrogens (tertiary/aromatic N) is 5. The molecule has 2 aromatic heterocycles. The summed E-state index contributed by atoms with van der Waals surface area (Å²) >= 11 is 0. The summed E-state index contributed by atoms with van der Waals surface area (Å²) in [5.74, 6) is -0.186. The second-order valence-electron chi connectivity index (χ2n) is 7.00. The summed E-state index contributed by atoms with van der Waals surface area (Å²) in [6.07, 6.45) is 1.64. The van der Waals surface area contributed by atoms with E-state index < -0.39 is 11.8 Å². The van der Waals surface area contributed by atoms with Crippen molar-refractivity contribution >= 4 is 17.6 Å². The topological polar surface area (TPSA) is 123 Å². The fraction of sp³-hybridized carbons (Fsp3) is 0.318. The number of hydrogen-bond donors (Lipinski definition) is 1. The number of amides is 1. The molecule has 0 radical (unpaired) electrons. The van der Waals surface area contributed by atoms with E-state index in [-0.39, 0.29) is 12.4 Å². The minimum Gasteiger partial charge on any atom is -0.465 e. The number of anilines is 1. The smallest absolute Gasteiger partial charge is 0.460 e. The molecule has 0 saturated carbocycles. The van der Waals surface area contributed by atoms with Crippen molar-refractivity contribution in [2.24, 2.45) is 12.2 Å². The Morgan fingerprint density at radius 3 is 2.59 bits per heavy atom. The Morgan fingerprint density at radius 2 is 1.94 bits per heavy atom. The summed E-state index contributed by atoms with van der Waals surface area (Å²) in [6, 6.07) is 14.2. The van der Waals surface area contributed by atoms with Gasteiger partial charge in [-0.05, 0) is 18.6 Å². The molecule has 2 heterocycles. The third-order valence-corrected chi connectivity index (χ3v) is 4.62. The van der Waals surface area contributed by atoms with E-state index in [1.54, 1.807) is 37.4 Å². The molecule has 1 N–H and O–H groups in total. The van der Waals surface area contributed by atoms with Crippen LogP contribution in [0.4, 0.5) is 10.6 Å². The summed E-state index contributed by atoms with van der Waals surface area (Å²) in [6.45, 7) is 2.43. The number of hydrogen-bond acceptors (Lipinski definition) is 7. The van der Waals surface area contributed by atoms with Crippen LogP contribution >= 0.6 is 0 Å². The van der Waals surface area contributed by atoms with Crippen LogP contribution in [0.1, 0.15) is 43.3 Å². The number of unbranched alkanes of at least 4 members (excludes halogenated alkanes) is 2. The second kappa shape index (κ2) is 10.9. The van der Waals surface area contributed by atoms with E-state index in [0.717, 1.165) is 19.3 Å². The third kappa shape index (κ3) is 5.81. The lowest BCUT2D eigenvalue weighted by atomic mass is 10.1. The first-order chi connectivity index (χ1) is 15.5. The Hall–Kier alpha value is -3.95. The predicted molar refractivity (Wildman–Crippen MR) is 118 cm³/mol. The molecule has 0 atom stereocenters. The molecule has 0 fully saturated rings. The highest BCUT2D eigenvalue weighted by atomic mass is 16.6. The molecule has 10 heteroatoms. The van der Waals surface area contributed by atoms with Crippen molar-refractivity contribution in [3.8, 4) is 0 Å². The average molecular weight is 439 g/mol. The maximum absolute atomic E-state index is 11.6. The Morgan fingerprint density at radius 1 is 1.16 bits per heavy atom. The van der Waals surface area contributed by atoms with Gasteiger partial charge in [-0.1, -0.05) is 61.3 Å². The molecule has 168 valence electrons. The van der Waals surface area contributed by atoms with E-state index in [4.69, 9.17) is 9.36 Å². The molecule has 0 spiro atoms. The Labute approximate surface area is 184 Å². The van der Waals surface area contributed by atoms with Crippen LogP contribution in [0.5, 0.6) is 0 Å². The number of rotatable bonds is 10. The van der Waals surface area contributed by atoms with Gasteiger partial charge >= 0.3 is 11.8 Å². The first kappa shape index (κ1) is 22.7. The molecule has 0 aliphatic heterocycles. The van der Waals surface area contributed by atoms with Crippen LogP contribution in [0.3, 0.4) is 0 Å². The van der Waals surface area contributed by atoms with Crippen molar-refractivity contribution in [1.82, 2.24) is 14.7 Å². The van der Waals surface area contributed by atoms with Crippen molar-refractivity contribution in [3.63, 3.8) is 0 Å². The monoisotopic (exact) mass is 439 g/mol. The van der Waals surface area contributed by atoms with Gasteiger partial charge in [0.15, 0.2) is 18.1 Å². The van der Waals surface area contributed by atoms with Gasteiger partial charge in [0, 0.05) is 19.2 Å². The van der Waals surface area contributed by atoms with Crippen LogP contribution in [0, 0.1) is 0 Å². The summed E-state index contributed by atoms with van der Waals surface area (Å²) < 4.78 is 6.15. The fourth-order valence-corrected chi connectivity index (χ4v) is 3.05. The van der Waals surface area contributed by atoms with Crippen LogP contribution in [0.15, 0.2) is 63.0 Å². The van der Waals surface area contributed by atoms with Crippen molar-refractivity contribution in [2.75, 3.05) is 11.4 Å². The zero-order chi connectivity index (χ0) is 22.9. The van der Waals surface area contributed by atoms with Crippen molar-refractivity contribution in [3.05, 3.63) is 76.2 Å². The van der Waals surface area contributed by atoms with Crippen molar-refractivity contribution in [1.29, 1.82) is 0 Å². The molecule has 0 unspecified atom stereocenters. The van der Waals surface area contributed by atoms with Gasteiger partial charge in [-0.25, -0.2) is 14.6 Å². The first-order valence-electron chi connectivity index (χ1n) is 10.3. The van der Waals surface area contributed by atoms with Crippen LogP contribution in [-0.2, 0) is 18.5 Å². The molecule has 10 nitrogen and oxygen atoms in total. The molecule has 1 aromatic carbocycles. The molecular weight excluding hydrogens is 414 g/mol. The highest BCUT2D eigenvalue weighted by Gasteiger charge is 2.17. The second-order valence-corrected chi connectivity index (χ2v) is 7.00. The molecule has 1 amide bonds. The van der Waals surface area contributed by atoms with Crippen LogP contribution in [0.2, 0.25) is 0 Å². The van der Waals surface area contributed by atoms with Crippen molar-refractivity contribution in [2.45, 2.75) is 32.8 Å². The molecule has 0 bridgehead atoms. The quantitative estimate of drug-likeness (QED) is 0.292. The Balaban J connectivity index is 1.79. The van der Waals surface area contributed by atoms with Crippen LogP contribution in [0.25, 0.3) is 0 Å². The molecule has 0 saturated heterocycles. The van der Waals surface area contributed by atoms with Gasteiger partial charge in [0.05, 0.1) is 5.69 Å². The molecule has 3 rings (SSSR count). The van der Waals surface area contributed by atoms with Crippen LogP contribution < -0.4 is 10.7 Å². The Bertz CT molecular complexity index is 1120. The number of benzene rings is 1. The molecule has 0 aliphatic rings. The summed E-state index contributed by atoms with van der Waals surface area (Å²) in [5.41, 5.74) is 1.52. The lowest BCUT2D eigenvalue weighted by molar-refractivity contribution is 0.127. The van der Waals surface area contributed by atoms with E-state index in [2.05, 4.69) is 22.0 Å². The number of oxime groups is 1. The lowest BCUT2D eigenvalue weighted by Gasteiger charge is -2.18. The average Bonchev–Trinajstić information content (AvgIpc) is 3.12. The first-order valence-corrected chi connectivity index (χ1v) is 10.3. The van der Waals surface area contributed by atoms with Crippen molar-refractivity contribution < 1.29 is 19.3 Å². The Kier molecular flexibility index (Phi) is 7.74. The standard InChI is InChI=1S/C22H25N5O5/c1-3-4-8-14-27(22(29)30)18-13-9-12-17(23-18)15-31-25-19(16-10-6-5-7-11-16)20-24-21(28)32-26(20)2/h5-7,9-13H,3-4,8,14-15H2,1-2H3,(H,29,30)/b25-19-.